The number of allylic oxidation sites excluding steroid dienone is 1. The van der Waals surface area contributed by atoms with Crippen molar-refractivity contribution in [3.63, 3.8) is 0 Å². The Morgan fingerprint density at radius 3 is 1.91 bits per heavy atom. The molecule has 2 aromatic carbocycles. The van der Waals surface area contributed by atoms with E-state index in [2.05, 4.69) is 0 Å². The molecule has 2 rings (SSSR count). The first-order valence-corrected chi connectivity index (χ1v) is 10.1. The highest BCUT2D eigenvalue weighted by Gasteiger charge is 2.41. The number of amides is 1. The van der Waals surface area contributed by atoms with Crippen molar-refractivity contribution in [3.8, 4) is 0 Å². The van der Waals surface area contributed by atoms with Crippen LogP contribution >= 0.6 is 34.8 Å². The van der Waals surface area contributed by atoms with Gasteiger partial charge in [-0.15, -0.1) is 0 Å². The minimum Gasteiger partial charge on any atom is -0.343 e. The minimum absolute atomic E-state index is 0.00356. The molecule has 2 aromatic rings. The van der Waals surface area contributed by atoms with Gasteiger partial charge in [-0.3, -0.25) is 4.79 Å². The van der Waals surface area contributed by atoms with Gasteiger partial charge in [0.15, 0.2) is 0 Å². The molecule has 0 aliphatic heterocycles. The summed E-state index contributed by atoms with van der Waals surface area (Å²) in [6.45, 7) is -1.95. The maximum Gasteiger partial charge on any atom is 0.417 e. The second kappa shape index (κ2) is 10.4. The lowest BCUT2D eigenvalue weighted by atomic mass is 9.95. The van der Waals surface area contributed by atoms with Crippen molar-refractivity contribution < 1.29 is 48.7 Å². The van der Waals surface area contributed by atoms with Gasteiger partial charge < -0.3 is 5.32 Å². The lowest BCUT2D eigenvalue weighted by Gasteiger charge is -2.19. The van der Waals surface area contributed by atoms with E-state index < -0.39 is 75.0 Å². The van der Waals surface area contributed by atoms with E-state index in [1.807, 2.05) is 0 Å². The highest BCUT2D eigenvalue weighted by molar-refractivity contribution is 6.48. The number of carbonyl (C=O) groups excluding carboxylic acids is 1. The van der Waals surface area contributed by atoms with Gasteiger partial charge in [0, 0.05) is 5.56 Å². The Kier molecular flexibility index (Phi) is 8.66. The number of benzene rings is 2. The zero-order valence-corrected chi connectivity index (χ0v) is 18.8. The predicted octanol–water partition coefficient (Wildman–Crippen LogP) is 8.61. The number of alkyl halides is 9. The Hall–Kier alpha value is -2.18. The molecule has 0 spiro atoms. The zero-order valence-electron chi connectivity index (χ0n) is 16.6. The standard InChI is InChI=1S/C20H10Cl3F10NO/c21-13-4-9(5-14(22)16(13)23)11(19(28,29)30)6-15(24)8-1-2-10(12(3-8)20(31,32)33)17(35)34-7-18(25,26)27/h1-6,11H,7H2,(H,34,35). The number of halogens is 13. The van der Waals surface area contributed by atoms with Crippen LogP contribution < -0.4 is 5.32 Å². The third-order valence-corrected chi connectivity index (χ3v) is 5.52. The normalized spacial score (nSPS) is 14.1. The summed E-state index contributed by atoms with van der Waals surface area (Å²) >= 11 is 17.1. The summed E-state index contributed by atoms with van der Waals surface area (Å²) in [7, 11) is 0. The summed E-state index contributed by atoms with van der Waals surface area (Å²) < 4.78 is 133. The quantitative estimate of drug-likeness (QED) is 0.280. The summed E-state index contributed by atoms with van der Waals surface area (Å²) in [6.07, 6.45) is -15.5. The van der Waals surface area contributed by atoms with Gasteiger partial charge in [0.25, 0.3) is 5.91 Å². The lowest BCUT2D eigenvalue weighted by molar-refractivity contribution is -0.140. The first kappa shape index (κ1) is 29.1. The van der Waals surface area contributed by atoms with Crippen molar-refractivity contribution in [3.05, 3.63) is 73.7 Å². The van der Waals surface area contributed by atoms with Gasteiger partial charge >= 0.3 is 18.5 Å². The van der Waals surface area contributed by atoms with Gasteiger partial charge in [-0.1, -0.05) is 40.9 Å². The number of carbonyl (C=O) groups is 1. The van der Waals surface area contributed by atoms with Gasteiger partial charge in [0.05, 0.1) is 26.2 Å². The molecule has 1 unspecified atom stereocenters. The summed E-state index contributed by atoms with van der Waals surface area (Å²) in [5.41, 5.74) is -4.85. The van der Waals surface area contributed by atoms with Crippen molar-refractivity contribution >= 4 is 46.5 Å². The third kappa shape index (κ3) is 7.65. The van der Waals surface area contributed by atoms with Gasteiger partial charge in [0.2, 0.25) is 0 Å². The Morgan fingerprint density at radius 2 is 1.46 bits per heavy atom. The molecule has 192 valence electrons. The number of nitrogens with one attached hydrogen (secondary N) is 1. The smallest absolute Gasteiger partial charge is 0.343 e. The number of hydrogen-bond donors (Lipinski definition) is 1. The largest absolute Gasteiger partial charge is 0.417 e. The fraction of sp³-hybridized carbons (Fsp3) is 0.250. The Morgan fingerprint density at radius 1 is 0.914 bits per heavy atom. The fourth-order valence-electron chi connectivity index (χ4n) is 2.78. The molecule has 0 aromatic heterocycles. The molecule has 1 atom stereocenters. The Bertz CT molecular complexity index is 1120. The molecule has 0 saturated heterocycles. The SMILES string of the molecule is O=C(NCC(F)(F)F)c1ccc(C(F)=CC(c2cc(Cl)c(Cl)c(Cl)c2)C(F)(F)F)cc1C(F)(F)F. The van der Waals surface area contributed by atoms with Crippen molar-refractivity contribution in [1.82, 2.24) is 5.32 Å². The molecule has 1 N–H and O–H groups in total. The highest BCUT2D eigenvalue weighted by atomic mass is 35.5. The molecular weight excluding hydrogens is 567 g/mol. The molecule has 2 nitrogen and oxygen atoms in total. The Labute approximate surface area is 205 Å². The average Bonchev–Trinajstić information content (AvgIpc) is 2.71. The van der Waals surface area contributed by atoms with Crippen LogP contribution in [0.2, 0.25) is 15.1 Å². The first-order chi connectivity index (χ1) is 15.8. The van der Waals surface area contributed by atoms with E-state index in [4.69, 9.17) is 34.8 Å². The highest BCUT2D eigenvalue weighted by Crippen LogP contribution is 2.42. The monoisotopic (exact) mass is 575 g/mol. The molecule has 0 fully saturated rings. The second-order valence-corrected chi connectivity index (χ2v) is 8.08. The topological polar surface area (TPSA) is 29.1 Å². The van der Waals surface area contributed by atoms with E-state index >= 15 is 0 Å². The van der Waals surface area contributed by atoms with Crippen molar-refractivity contribution in [2.45, 2.75) is 24.4 Å². The number of hydrogen-bond acceptors (Lipinski definition) is 1. The van der Waals surface area contributed by atoms with Gasteiger partial charge in [-0.25, -0.2) is 4.39 Å². The van der Waals surface area contributed by atoms with Gasteiger partial charge in [0.1, 0.15) is 18.3 Å². The molecule has 0 aliphatic carbocycles. The minimum atomic E-state index is -5.36. The average molecular weight is 577 g/mol. The number of rotatable bonds is 5. The van der Waals surface area contributed by atoms with E-state index in [0.29, 0.717) is 12.1 Å². The van der Waals surface area contributed by atoms with Crippen LogP contribution in [0.1, 0.15) is 33.0 Å². The molecule has 15 heteroatoms. The Balaban J connectivity index is 2.55. The van der Waals surface area contributed by atoms with Crippen LogP contribution in [0.4, 0.5) is 43.9 Å². The predicted molar refractivity (Wildman–Crippen MR) is 109 cm³/mol. The van der Waals surface area contributed by atoms with E-state index in [0.717, 1.165) is 12.1 Å². The molecule has 0 saturated carbocycles. The lowest BCUT2D eigenvalue weighted by Crippen LogP contribution is -2.34. The summed E-state index contributed by atoms with van der Waals surface area (Å²) in [6, 6.07) is 2.35. The second-order valence-electron chi connectivity index (χ2n) is 6.89. The first-order valence-electron chi connectivity index (χ1n) is 8.96. The third-order valence-electron chi connectivity index (χ3n) is 4.33. The maximum atomic E-state index is 14.7. The molecular formula is C20H10Cl3F10NO. The summed E-state index contributed by atoms with van der Waals surface area (Å²) in [5, 5.41) is 0.156. The molecule has 0 bridgehead atoms. The van der Waals surface area contributed by atoms with Crippen LogP contribution in [-0.4, -0.2) is 24.8 Å². The molecule has 0 aliphatic rings. The molecule has 1 amide bonds. The van der Waals surface area contributed by atoms with E-state index in [1.54, 1.807) is 0 Å². The van der Waals surface area contributed by atoms with Crippen LogP contribution in [0, 0.1) is 0 Å². The van der Waals surface area contributed by atoms with Crippen molar-refractivity contribution in [2.75, 3.05) is 6.54 Å². The van der Waals surface area contributed by atoms with Crippen molar-refractivity contribution in [1.29, 1.82) is 0 Å². The molecule has 35 heavy (non-hydrogen) atoms. The van der Waals surface area contributed by atoms with Crippen LogP contribution in [0.15, 0.2) is 36.4 Å². The molecule has 0 heterocycles. The van der Waals surface area contributed by atoms with Gasteiger partial charge in [-0.2, -0.15) is 39.5 Å². The summed E-state index contributed by atoms with van der Waals surface area (Å²) in [5.74, 6) is -6.27. The van der Waals surface area contributed by atoms with Crippen LogP contribution in [0.25, 0.3) is 5.83 Å². The zero-order chi connectivity index (χ0) is 26.9. The maximum absolute atomic E-state index is 14.7. The van der Waals surface area contributed by atoms with E-state index in [9.17, 15) is 48.7 Å². The van der Waals surface area contributed by atoms with Crippen LogP contribution in [0.3, 0.4) is 0 Å². The van der Waals surface area contributed by atoms with Gasteiger partial charge in [-0.05, 0) is 35.9 Å². The van der Waals surface area contributed by atoms with E-state index in [-0.39, 0.29) is 17.2 Å². The van der Waals surface area contributed by atoms with Crippen molar-refractivity contribution in [2.24, 2.45) is 0 Å². The molecule has 0 radical (unpaired) electrons. The van der Waals surface area contributed by atoms with Crippen LogP contribution in [0.5, 0.6) is 0 Å². The van der Waals surface area contributed by atoms with E-state index in [1.165, 1.54) is 5.32 Å². The van der Waals surface area contributed by atoms with Crippen LogP contribution in [-0.2, 0) is 6.18 Å². The fourth-order valence-corrected chi connectivity index (χ4v) is 3.39. The summed E-state index contributed by atoms with van der Waals surface area (Å²) in [4.78, 5) is 11.8.